The number of carbonyl (C=O) groups excluding carboxylic acids is 2. The van der Waals surface area contributed by atoms with Gasteiger partial charge in [-0.15, -0.1) is 0 Å². The number of allylic oxidation sites excluding steroid dienone is 1. The highest BCUT2D eigenvalue weighted by Crippen LogP contribution is 2.54. The minimum Gasteiger partial charge on any atom is -0.444 e. The molecule has 7 heteroatoms. The van der Waals surface area contributed by atoms with Crippen molar-refractivity contribution in [1.82, 2.24) is 0 Å². The molecule has 2 aliphatic heterocycles. The van der Waals surface area contributed by atoms with Crippen LogP contribution in [-0.2, 0) is 19.7 Å². The molecule has 0 fully saturated rings. The van der Waals surface area contributed by atoms with Gasteiger partial charge in [-0.05, 0) is 18.6 Å². The molecule has 1 spiro atoms. The summed E-state index contributed by atoms with van der Waals surface area (Å²) in [5.41, 5.74) is 5.51. The van der Waals surface area contributed by atoms with Crippen LogP contribution in [0, 0.1) is 11.3 Å². The SMILES string of the molecule is N#CC1=C(N)OC2=C(C(=O)CCC2)[C@@]12C(=O)Nc1cc(Cl)ccc12. The maximum atomic E-state index is 13.0. The molecule has 4 rings (SSSR count). The lowest BCUT2D eigenvalue weighted by molar-refractivity contribution is -0.123. The van der Waals surface area contributed by atoms with Gasteiger partial charge in [-0.25, -0.2) is 0 Å². The molecule has 24 heavy (non-hydrogen) atoms. The summed E-state index contributed by atoms with van der Waals surface area (Å²) in [4.78, 5) is 25.7. The van der Waals surface area contributed by atoms with E-state index in [-0.39, 0.29) is 22.8 Å². The Kier molecular flexibility index (Phi) is 2.99. The Balaban J connectivity index is 2.11. The normalized spacial score (nSPS) is 25.2. The number of carbonyl (C=O) groups is 2. The monoisotopic (exact) mass is 341 g/mol. The van der Waals surface area contributed by atoms with E-state index in [1.165, 1.54) is 0 Å². The standard InChI is InChI=1S/C17H12ClN3O3/c18-8-4-5-9-11(6-8)21-16(23)17(9)10(7-19)15(20)24-13-3-1-2-12(22)14(13)17/h4-6H,1-3,20H2,(H,21,23)/t17-/m0/s1. The van der Waals surface area contributed by atoms with E-state index in [0.717, 1.165) is 0 Å². The maximum Gasteiger partial charge on any atom is 0.245 e. The number of Topliss-reactive ketones (excluding diaryl/α,β-unsaturated/α-hetero) is 1. The fourth-order valence-electron chi connectivity index (χ4n) is 3.75. The third-order valence-corrected chi connectivity index (χ3v) is 4.92. The van der Waals surface area contributed by atoms with E-state index in [1.807, 2.05) is 6.07 Å². The zero-order valence-corrected chi connectivity index (χ0v) is 13.2. The van der Waals surface area contributed by atoms with Gasteiger partial charge in [-0.3, -0.25) is 9.59 Å². The number of anilines is 1. The van der Waals surface area contributed by atoms with Gasteiger partial charge >= 0.3 is 0 Å². The second kappa shape index (κ2) is 4.86. The summed E-state index contributed by atoms with van der Waals surface area (Å²) in [6.07, 6.45) is 1.43. The molecule has 1 aliphatic carbocycles. The van der Waals surface area contributed by atoms with Gasteiger partial charge in [0.2, 0.25) is 11.8 Å². The molecule has 0 bridgehead atoms. The van der Waals surface area contributed by atoms with Gasteiger partial charge < -0.3 is 15.8 Å². The third-order valence-electron chi connectivity index (χ3n) is 4.68. The van der Waals surface area contributed by atoms with Crippen LogP contribution in [0.3, 0.4) is 0 Å². The van der Waals surface area contributed by atoms with E-state index in [0.29, 0.717) is 41.3 Å². The van der Waals surface area contributed by atoms with E-state index in [2.05, 4.69) is 5.32 Å². The molecule has 1 aromatic carbocycles. The van der Waals surface area contributed by atoms with Crippen molar-refractivity contribution < 1.29 is 14.3 Å². The maximum absolute atomic E-state index is 13.0. The van der Waals surface area contributed by atoms with Crippen molar-refractivity contribution >= 4 is 29.0 Å². The summed E-state index contributed by atoms with van der Waals surface area (Å²) in [7, 11) is 0. The van der Waals surface area contributed by atoms with Gasteiger partial charge in [0, 0.05) is 29.1 Å². The van der Waals surface area contributed by atoms with E-state index in [4.69, 9.17) is 22.1 Å². The first-order valence-corrected chi connectivity index (χ1v) is 7.84. The topological polar surface area (TPSA) is 105 Å². The molecule has 2 heterocycles. The average molecular weight is 342 g/mol. The molecule has 0 saturated carbocycles. The Bertz CT molecular complexity index is 925. The first-order valence-electron chi connectivity index (χ1n) is 7.46. The first kappa shape index (κ1) is 14.8. The van der Waals surface area contributed by atoms with Crippen LogP contribution in [0.25, 0.3) is 0 Å². The number of nitrogens with zero attached hydrogens (tertiary/aromatic N) is 1. The van der Waals surface area contributed by atoms with E-state index < -0.39 is 11.3 Å². The van der Waals surface area contributed by atoms with Crippen LogP contribution in [-0.4, -0.2) is 11.7 Å². The average Bonchev–Trinajstić information content (AvgIpc) is 2.80. The van der Waals surface area contributed by atoms with Gasteiger partial charge in [-0.1, -0.05) is 17.7 Å². The fourth-order valence-corrected chi connectivity index (χ4v) is 3.92. The zero-order valence-electron chi connectivity index (χ0n) is 12.5. The summed E-state index contributed by atoms with van der Waals surface area (Å²) >= 11 is 6.01. The second-order valence-corrected chi connectivity index (χ2v) is 6.36. The lowest BCUT2D eigenvalue weighted by Gasteiger charge is -2.36. The lowest BCUT2D eigenvalue weighted by atomic mass is 9.65. The zero-order chi connectivity index (χ0) is 17.1. The fraction of sp³-hybridized carbons (Fsp3) is 0.235. The Morgan fingerprint density at radius 3 is 2.88 bits per heavy atom. The van der Waals surface area contributed by atoms with E-state index in [9.17, 15) is 14.9 Å². The van der Waals surface area contributed by atoms with Crippen molar-refractivity contribution in [3.63, 3.8) is 0 Å². The summed E-state index contributed by atoms with van der Waals surface area (Å²) in [6, 6.07) is 6.84. The summed E-state index contributed by atoms with van der Waals surface area (Å²) in [5.74, 6) is -0.440. The summed E-state index contributed by atoms with van der Waals surface area (Å²) in [5, 5.41) is 12.8. The number of rotatable bonds is 0. The van der Waals surface area contributed by atoms with Gasteiger partial charge in [0.05, 0.1) is 5.57 Å². The molecule has 120 valence electrons. The van der Waals surface area contributed by atoms with Crippen LogP contribution in [0.1, 0.15) is 24.8 Å². The van der Waals surface area contributed by atoms with Crippen LogP contribution in [0.5, 0.6) is 0 Å². The number of ketones is 1. The number of nitrogens with one attached hydrogen (secondary N) is 1. The number of nitriles is 1. The Morgan fingerprint density at radius 1 is 1.33 bits per heavy atom. The van der Waals surface area contributed by atoms with E-state index >= 15 is 0 Å². The quantitative estimate of drug-likeness (QED) is 0.753. The van der Waals surface area contributed by atoms with Crippen LogP contribution in [0.2, 0.25) is 5.02 Å². The van der Waals surface area contributed by atoms with E-state index in [1.54, 1.807) is 18.2 Å². The number of amides is 1. The number of nitrogens with two attached hydrogens (primary N) is 1. The van der Waals surface area contributed by atoms with Gasteiger partial charge in [0.1, 0.15) is 22.8 Å². The first-order chi connectivity index (χ1) is 11.5. The summed E-state index contributed by atoms with van der Waals surface area (Å²) < 4.78 is 5.53. The van der Waals surface area contributed by atoms with Gasteiger partial charge in [0.25, 0.3) is 0 Å². The number of hydrogen-bond donors (Lipinski definition) is 2. The number of halogens is 1. The number of ether oxygens (including phenoxy) is 1. The van der Waals surface area contributed by atoms with Crippen LogP contribution in [0.4, 0.5) is 5.69 Å². The molecule has 3 N–H and O–H groups in total. The van der Waals surface area contributed by atoms with Crippen molar-refractivity contribution in [3.05, 3.63) is 51.6 Å². The molecule has 0 aromatic heterocycles. The molecule has 0 saturated heterocycles. The lowest BCUT2D eigenvalue weighted by Crippen LogP contribution is -2.46. The van der Waals surface area contributed by atoms with Crippen molar-refractivity contribution in [3.8, 4) is 6.07 Å². The highest BCUT2D eigenvalue weighted by atomic mass is 35.5. The van der Waals surface area contributed by atoms with Crippen LogP contribution in [0.15, 0.2) is 41.0 Å². The molecular weight excluding hydrogens is 330 g/mol. The molecule has 1 aromatic rings. The van der Waals surface area contributed by atoms with Crippen molar-refractivity contribution in [2.45, 2.75) is 24.7 Å². The predicted octanol–water partition coefficient (Wildman–Crippen LogP) is 2.26. The molecule has 1 atom stereocenters. The number of hydrogen-bond acceptors (Lipinski definition) is 5. The molecular formula is C17H12ClN3O3. The smallest absolute Gasteiger partial charge is 0.245 e. The molecule has 0 unspecified atom stereocenters. The van der Waals surface area contributed by atoms with Crippen molar-refractivity contribution in [1.29, 1.82) is 5.26 Å². The highest BCUT2D eigenvalue weighted by Gasteiger charge is 2.59. The predicted molar refractivity (Wildman–Crippen MR) is 85.6 cm³/mol. The largest absolute Gasteiger partial charge is 0.444 e. The Morgan fingerprint density at radius 2 is 2.12 bits per heavy atom. The Labute approximate surface area is 142 Å². The molecule has 3 aliphatic rings. The van der Waals surface area contributed by atoms with Crippen LogP contribution >= 0.6 is 11.6 Å². The number of fused-ring (bicyclic) bond motifs is 3. The summed E-state index contributed by atoms with van der Waals surface area (Å²) in [6.45, 7) is 0. The van der Waals surface area contributed by atoms with Gasteiger partial charge in [0.15, 0.2) is 5.78 Å². The minimum absolute atomic E-state index is 0.0601. The molecule has 0 radical (unpaired) electrons. The molecule has 1 amide bonds. The highest BCUT2D eigenvalue weighted by molar-refractivity contribution is 6.31. The Hall–Kier alpha value is -2.78. The minimum atomic E-state index is -1.55. The van der Waals surface area contributed by atoms with Crippen molar-refractivity contribution in [2.24, 2.45) is 5.73 Å². The van der Waals surface area contributed by atoms with Gasteiger partial charge in [-0.2, -0.15) is 5.26 Å². The van der Waals surface area contributed by atoms with Crippen molar-refractivity contribution in [2.75, 3.05) is 5.32 Å². The number of benzene rings is 1. The third kappa shape index (κ3) is 1.65. The van der Waals surface area contributed by atoms with Crippen LogP contribution < -0.4 is 11.1 Å². The molecule has 6 nitrogen and oxygen atoms in total. The second-order valence-electron chi connectivity index (χ2n) is 5.92.